The number of fused-ring (bicyclic) bond motifs is 1. The SMILES string of the molecule is COc1cccc(/C=N/N=c2\sc3ccccc3n2C)c1O. The lowest BCUT2D eigenvalue weighted by molar-refractivity contribution is 0.373. The Morgan fingerprint density at radius 1 is 1.18 bits per heavy atom. The molecule has 0 saturated heterocycles. The number of rotatable bonds is 3. The maximum atomic E-state index is 9.99. The zero-order valence-corrected chi connectivity index (χ0v) is 13.0. The molecule has 5 nitrogen and oxygen atoms in total. The van der Waals surface area contributed by atoms with Gasteiger partial charge >= 0.3 is 0 Å². The van der Waals surface area contributed by atoms with E-state index in [1.807, 2.05) is 29.8 Å². The lowest BCUT2D eigenvalue weighted by Gasteiger charge is -2.04. The Morgan fingerprint density at radius 3 is 2.77 bits per heavy atom. The molecule has 0 atom stereocenters. The molecule has 0 radical (unpaired) electrons. The number of benzene rings is 2. The van der Waals surface area contributed by atoms with Crippen LogP contribution in [0.2, 0.25) is 0 Å². The van der Waals surface area contributed by atoms with Gasteiger partial charge < -0.3 is 14.4 Å². The Balaban J connectivity index is 1.97. The van der Waals surface area contributed by atoms with E-state index in [4.69, 9.17) is 4.74 Å². The summed E-state index contributed by atoms with van der Waals surface area (Å²) in [7, 11) is 3.47. The normalized spacial score (nSPS) is 12.4. The second kappa shape index (κ2) is 6.03. The van der Waals surface area contributed by atoms with E-state index < -0.39 is 0 Å². The molecular formula is C16H15N3O2S. The topological polar surface area (TPSA) is 59.1 Å². The number of phenols is 1. The minimum Gasteiger partial charge on any atom is -0.504 e. The molecule has 0 spiro atoms. The minimum atomic E-state index is 0.0599. The molecule has 1 aromatic heterocycles. The number of nitrogens with zero attached hydrogens (tertiary/aromatic N) is 3. The van der Waals surface area contributed by atoms with E-state index in [9.17, 15) is 5.11 Å². The maximum Gasteiger partial charge on any atom is 0.211 e. The smallest absolute Gasteiger partial charge is 0.211 e. The van der Waals surface area contributed by atoms with Crippen LogP contribution in [0.15, 0.2) is 52.7 Å². The highest BCUT2D eigenvalue weighted by Crippen LogP contribution is 2.27. The highest BCUT2D eigenvalue weighted by atomic mass is 32.1. The second-order valence-electron chi connectivity index (χ2n) is 4.65. The van der Waals surface area contributed by atoms with E-state index in [1.165, 1.54) is 13.3 Å². The van der Waals surface area contributed by atoms with Crippen molar-refractivity contribution in [3.63, 3.8) is 0 Å². The molecule has 3 aromatic rings. The van der Waals surface area contributed by atoms with Gasteiger partial charge in [-0.25, -0.2) is 0 Å². The van der Waals surface area contributed by atoms with Crippen LogP contribution in [0.4, 0.5) is 0 Å². The third-order valence-corrected chi connectivity index (χ3v) is 4.41. The van der Waals surface area contributed by atoms with Crippen LogP contribution < -0.4 is 9.54 Å². The number of aromatic hydroxyl groups is 1. The molecule has 3 rings (SSSR count). The highest BCUT2D eigenvalue weighted by Gasteiger charge is 2.04. The van der Waals surface area contributed by atoms with Gasteiger partial charge in [-0.1, -0.05) is 29.5 Å². The molecule has 0 amide bonds. The quantitative estimate of drug-likeness (QED) is 0.597. The molecule has 0 bridgehead atoms. The third-order valence-electron chi connectivity index (χ3n) is 3.31. The predicted octanol–water partition coefficient (Wildman–Crippen LogP) is 2.89. The molecule has 1 N–H and O–H groups in total. The number of hydrogen-bond donors (Lipinski definition) is 1. The monoisotopic (exact) mass is 313 g/mol. The molecule has 112 valence electrons. The van der Waals surface area contributed by atoms with Gasteiger partial charge in [0.25, 0.3) is 0 Å². The van der Waals surface area contributed by atoms with Crippen LogP contribution in [0.1, 0.15) is 5.56 Å². The zero-order chi connectivity index (χ0) is 15.5. The summed E-state index contributed by atoms with van der Waals surface area (Å²) < 4.78 is 8.21. The summed E-state index contributed by atoms with van der Waals surface area (Å²) in [4.78, 5) is 0.792. The lowest BCUT2D eigenvalue weighted by atomic mass is 10.2. The average molecular weight is 313 g/mol. The molecule has 0 unspecified atom stereocenters. The number of methoxy groups -OCH3 is 1. The van der Waals surface area contributed by atoms with Crippen molar-refractivity contribution in [2.24, 2.45) is 17.3 Å². The molecular weight excluding hydrogens is 298 g/mol. The molecule has 0 fully saturated rings. The van der Waals surface area contributed by atoms with Crippen molar-refractivity contribution >= 4 is 27.8 Å². The fraction of sp³-hybridized carbons (Fsp3) is 0.125. The largest absolute Gasteiger partial charge is 0.504 e. The van der Waals surface area contributed by atoms with Gasteiger partial charge in [0, 0.05) is 12.6 Å². The number of para-hydroxylation sites is 2. The summed E-state index contributed by atoms with van der Waals surface area (Å²) in [5.41, 5.74) is 1.68. The number of aromatic nitrogens is 1. The number of hydrogen-bond acceptors (Lipinski definition) is 5. The Morgan fingerprint density at radius 2 is 2.00 bits per heavy atom. The van der Waals surface area contributed by atoms with Gasteiger partial charge in [-0.3, -0.25) is 0 Å². The van der Waals surface area contributed by atoms with Crippen molar-refractivity contribution in [3.8, 4) is 11.5 Å². The summed E-state index contributed by atoms with van der Waals surface area (Å²) in [5, 5.41) is 18.3. The first-order valence-electron chi connectivity index (χ1n) is 6.68. The van der Waals surface area contributed by atoms with Crippen LogP contribution in [0.3, 0.4) is 0 Å². The summed E-state index contributed by atoms with van der Waals surface area (Å²) in [5.74, 6) is 0.473. The van der Waals surface area contributed by atoms with Gasteiger partial charge in [0.15, 0.2) is 11.5 Å². The number of thiazole rings is 1. The highest BCUT2D eigenvalue weighted by molar-refractivity contribution is 7.16. The predicted molar refractivity (Wildman–Crippen MR) is 88.6 cm³/mol. The van der Waals surface area contributed by atoms with E-state index in [0.29, 0.717) is 11.3 Å². The Hall–Kier alpha value is -2.60. The fourth-order valence-electron chi connectivity index (χ4n) is 2.13. The van der Waals surface area contributed by atoms with Crippen molar-refractivity contribution in [2.75, 3.05) is 7.11 Å². The summed E-state index contributed by atoms with van der Waals surface area (Å²) in [6.45, 7) is 0. The number of phenolic OH excluding ortho intramolecular Hbond substituents is 1. The van der Waals surface area contributed by atoms with Crippen LogP contribution in [0.5, 0.6) is 11.5 Å². The first-order chi connectivity index (χ1) is 10.7. The molecule has 6 heteroatoms. The van der Waals surface area contributed by atoms with Crippen molar-refractivity contribution in [3.05, 3.63) is 52.8 Å². The van der Waals surface area contributed by atoms with Gasteiger partial charge in [-0.05, 0) is 24.3 Å². The van der Waals surface area contributed by atoms with E-state index in [-0.39, 0.29) is 5.75 Å². The van der Waals surface area contributed by atoms with E-state index in [2.05, 4.69) is 16.3 Å². The van der Waals surface area contributed by atoms with Crippen LogP contribution in [-0.2, 0) is 7.05 Å². The summed E-state index contributed by atoms with van der Waals surface area (Å²) >= 11 is 1.57. The Kier molecular flexibility index (Phi) is 3.93. The second-order valence-corrected chi connectivity index (χ2v) is 5.66. The van der Waals surface area contributed by atoms with Gasteiger partial charge in [0.05, 0.1) is 23.5 Å². The zero-order valence-electron chi connectivity index (χ0n) is 12.2. The third kappa shape index (κ3) is 2.60. The molecule has 1 heterocycles. The van der Waals surface area contributed by atoms with Crippen molar-refractivity contribution in [1.82, 2.24) is 4.57 Å². The van der Waals surface area contributed by atoms with Crippen LogP contribution in [0.25, 0.3) is 10.2 Å². The maximum absolute atomic E-state index is 9.99. The van der Waals surface area contributed by atoms with E-state index in [0.717, 1.165) is 15.0 Å². The van der Waals surface area contributed by atoms with Crippen LogP contribution >= 0.6 is 11.3 Å². The van der Waals surface area contributed by atoms with Gasteiger partial charge in [-0.15, -0.1) is 5.10 Å². The average Bonchev–Trinajstić information content (AvgIpc) is 2.86. The molecule has 0 aliphatic rings. The van der Waals surface area contributed by atoms with Gasteiger partial charge in [0.2, 0.25) is 4.80 Å². The van der Waals surface area contributed by atoms with E-state index >= 15 is 0 Å². The number of ether oxygens (including phenoxy) is 1. The van der Waals surface area contributed by atoms with Crippen LogP contribution in [0, 0.1) is 0 Å². The fourth-order valence-corrected chi connectivity index (χ4v) is 3.10. The first-order valence-corrected chi connectivity index (χ1v) is 7.50. The Labute approximate surface area is 131 Å². The molecule has 22 heavy (non-hydrogen) atoms. The lowest BCUT2D eigenvalue weighted by Crippen LogP contribution is -2.08. The van der Waals surface area contributed by atoms with Gasteiger partial charge in [-0.2, -0.15) is 5.10 Å². The van der Waals surface area contributed by atoms with E-state index in [1.54, 1.807) is 29.5 Å². The number of aryl methyl sites for hydroxylation is 1. The van der Waals surface area contributed by atoms with Gasteiger partial charge in [0.1, 0.15) is 0 Å². The summed E-state index contributed by atoms with van der Waals surface area (Å²) in [6.07, 6.45) is 1.52. The van der Waals surface area contributed by atoms with Crippen molar-refractivity contribution in [2.45, 2.75) is 0 Å². The standard InChI is InChI=1S/C16H15N3O2S/c1-19-12-7-3-4-9-14(12)22-16(19)18-17-10-11-6-5-8-13(21-2)15(11)20/h3-10,20H,1-2H3/b17-10+,18-16-. The van der Waals surface area contributed by atoms with Crippen LogP contribution in [-0.4, -0.2) is 23.0 Å². The first kappa shape index (κ1) is 14.3. The summed E-state index contributed by atoms with van der Waals surface area (Å²) in [6, 6.07) is 13.3. The molecule has 0 aliphatic carbocycles. The molecule has 0 saturated carbocycles. The minimum absolute atomic E-state index is 0.0599. The Bertz CT molecular complexity index is 909. The van der Waals surface area contributed by atoms with Crippen molar-refractivity contribution < 1.29 is 9.84 Å². The molecule has 2 aromatic carbocycles. The molecule has 0 aliphatic heterocycles. The van der Waals surface area contributed by atoms with Crippen molar-refractivity contribution in [1.29, 1.82) is 0 Å².